The molecule has 0 aliphatic heterocycles. The number of furan rings is 1. The number of aromatic amines is 1. The maximum absolute atomic E-state index is 12.1. The smallest absolute Gasteiger partial charge is 0.291 e. The fourth-order valence-electron chi connectivity index (χ4n) is 2.39. The lowest BCUT2D eigenvalue weighted by Crippen LogP contribution is -2.10. The molecule has 0 fully saturated rings. The van der Waals surface area contributed by atoms with Gasteiger partial charge >= 0.3 is 0 Å². The van der Waals surface area contributed by atoms with Crippen LogP contribution in [0.5, 0.6) is 0 Å². The van der Waals surface area contributed by atoms with Crippen molar-refractivity contribution in [3.8, 4) is 11.4 Å². The molecule has 3 heterocycles. The molecule has 0 saturated heterocycles. The largest absolute Gasteiger partial charge is 0.459 e. The average Bonchev–Trinajstić information content (AvgIpc) is 3.42. The number of anilines is 1. The number of pyridine rings is 1. The molecule has 1 aromatic carbocycles. The number of carbonyl (C=O) groups is 1. The van der Waals surface area contributed by atoms with Crippen LogP contribution in [0.25, 0.3) is 22.6 Å². The summed E-state index contributed by atoms with van der Waals surface area (Å²) in [5, 5.41) is 3.28. The molecule has 0 unspecified atom stereocenters. The van der Waals surface area contributed by atoms with Crippen LogP contribution in [0, 0.1) is 0 Å². The van der Waals surface area contributed by atoms with Crippen LogP contribution in [-0.4, -0.2) is 20.9 Å². The second kappa shape index (κ2) is 10.8. The molecule has 8 heteroatoms. The number of nitrogens with one attached hydrogen (secondary N) is 2. The minimum atomic E-state index is -0.339. The maximum atomic E-state index is 12.1. The van der Waals surface area contributed by atoms with Crippen LogP contribution in [0.3, 0.4) is 0 Å². The summed E-state index contributed by atoms with van der Waals surface area (Å²) < 4.78 is 5.94. The lowest BCUT2D eigenvalue weighted by atomic mass is 10.2. The van der Waals surface area contributed by atoms with Crippen molar-refractivity contribution >= 4 is 50.3 Å². The number of rotatable bonds is 3. The van der Waals surface area contributed by atoms with Crippen molar-refractivity contribution in [2.75, 3.05) is 5.32 Å². The molecular weight excluding hydrogens is 456 g/mol. The Morgan fingerprint density at radius 3 is 2.62 bits per heavy atom. The molecule has 29 heavy (non-hydrogen) atoms. The Bertz CT molecular complexity index is 1080. The summed E-state index contributed by atoms with van der Waals surface area (Å²) >= 11 is 9.68. The molecular formula is C21H22BrClN4O2. The van der Waals surface area contributed by atoms with Gasteiger partial charge in [-0.05, 0) is 52.3 Å². The lowest BCUT2D eigenvalue weighted by molar-refractivity contribution is 0.0996. The van der Waals surface area contributed by atoms with Gasteiger partial charge in [-0.1, -0.05) is 39.3 Å². The molecule has 1 amide bonds. The Kier molecular flexibility index (Phi) is 8.42. The highest BCUT2D eigenvalue weighted by Crippen LogP contribution is 2.30. The zero-order chi connectivity index (χ0) is 21.4. The van der Waals surface area contributed by atoms with Gasteiger partial charge in [-0.25, -0.2) is 9.97 Å². The van der Waals surface area contributed by atoms with Crippen molar-refractivity contribution in [1.82, 2.24) is 15.0 Å². The first-order valence-electron chi connectivity index (χ1n) is 9.26. The van der Waals surface area contributed by atoms with E-state index in [4.69, 9.17) is 16.0 Å². The predicted molar refractivity (Wildman–Crippen MR) is 121 cm³/mol. The minimum Gasteiger partial charge on any atom is -0.459 e. The van der Waals surface area contributed by atoms with E-state index in [1.165, 1.54) is 6.26 Å². The van der Waals surface area contributed by atoms with E-state index in [0.29, 0.717) is 27.7 Å². The van der Waals surface area contributed by atoms with Crippen molar-refractivity contribution in [2.45, 2.75) is 27.7 Å². The first-order valence-corrected chi connectivity index (χ1v) is 10.4. The van der Waals surface area contributed by atoms with Gasteiger partial charge in [0.1, 0.15) is 5.82 Å². The van der Waals surface area contributed by atoms with Crippen LogP contribution in [0.4, 0.5) is 5.69 Å². The molecule has 0 spiro atoms. The Balaban J connectivity index is 0.000000707. The number of carbonyl (C=O) groups excluding carboxylic acids is 1. The summed E-state index contributed by atoms with van der Waals surface area (Å²) in [6, 6.07) is 10.3. The fourth-order valence-corrected chi connectivity index (χ4v) is 2.93. The molecule has 2 N–H and O–H groups in total. The molecule has 0 saturated carbocycles. The first-order chi connectivity index (χ1) is 14.1. The summed E-state index contributed by atoms with van der Waals surface area (Å²) in [5.74, 6) is 0.461. The van der Waals surface area contributed by atoms with Crippen molar-refractivity contribution in [1.29, 1.82) is 0 Å². The van der Waals surface area contributed by atoms with Gasteiger partial charge in [-0.2, -0.15) is 0 Å². The number of benzene rings is 1. The zero-order valence-corrected chi connectivity index (χ0v) is 18.9. The van der Waals surface area contributed by atoms with Gasteiger partial charge in [-0.15, -0.1) is 0 Å². The van der Waals surface area contributed by atoms with Gasteiger partial charge in [0.15, 0.2) is 11.4 Å². The number of hydrogen-bond donors (Lipinski definition) is 2. The number of aromatic nitrogens is 3. The van der Waals surface area contributed by atoms with Gasteiger partial charge in [0.25, 0.3) is 5.91 Å². The summed E-state index contributed by atoms with van der Waals surface area (Å²) in [5.41, 5.74) is 2.60. The second-order valence-corrected chi connectivity index (χ2v) is 6.56. The third-order valence-electron chi connectivity index (χ3n) is 3.53. The van der Waals surface area contributed by atoms with Gasteiger partial charge in [0.2, 0.25) is 0 Å². The number of imidazole rings is 1. The standard InChI is InChI=1S/C17H10BrClN4O2.2C2H6/c18-9-6-13-16(20-8-9)23-15(22-13)11-7-10(3-4-12(11)19)21-17(24)14-2-1-5-25-14;2*1-2/h1-8H,(H,21,24)(H,20,22,23);2*1-2H3. The van der Waals surface area contributed by atoms with Crippen molar-refractivity contribution in [3.63, 3.8) is 0 Å². The van der Waals surface area contributed by atoms with Crippen molar-refractivity contribution in [3.05, 3.63) is 64.1 Å². The van der Waals surface area contributed by atoms with E-state index in [1.807, 2.05) is 33.8 Å². The molecule has 0 aliphatic rings. The highest BCUT2D eigenvalue weighted by atomic mass is 79.9. The van der Waals surface area contributed by atoms with Crippen molar-refractivity contribution in [2.24, 2.45) is 0 Å². The number of fused-ring (bicyclic) bond motifs is 1. The van der Waals surface area contributed by atoms with Crippen LogP contribution in [0.15, 0.2) is 57.7 Å². The Morgan fingerprint density at radius 1 is 1.17 bits per heavy atom. The quantitative estimate of drug-likeness (QED) is 0.335. The van der Waals surface area contributed by atoms with E-state index in [2.05, 4.69) is 36.2 Å². The molecule has 3 aromatic heterocycles. The van der Waals surface area contributed by atoms with Gasteiger partial charge in [-0.3, -0.25) is 4.79 Å². The second-order valence-electron chi connectivity index (χ2n) is 5.24. The number of H-pyrrole nitrogens is 1. The SMILES string of the molecule is CC.CC.O=C(Nc1ccc(Cl)c(-c2nc3ncc(Br)cc3[nH]2)c1)c1ccco1. The normalized spacial score (nSPS) is 9.86. The molecule has 0 radical (unpaired) electrons. The van der Waals surface area contributed by atoms with Crippen LogP contribution in [0.2, 0.25) is 5.02 Å². The van der Waals surface area contributed by atoms with Crippen LogP contribution in [-0.2, 0) is 0 Å². The van der Waals surface area contributed by atoms with Crippen molar-refractivity contribution < 1.29 is 9.21 Å². The lowest BCUT2D eigenvalue weighted by Gasteiger charge is -2.07. The summed E-state index contributed by atoms with van der Waals surface area (Å²) in [6.07, 6.45) is 3.12. The average molecular weight is 478 g/mol. The van der Waals surface area contributed by atoms with E-state index in [0.717, 1.165) is 9.99 Å². The van der Waals surface area contributed by atoms with E-state index < -0.39 is 0 Å². The number of nitrogens with zero attached hydrogens (tertiary/aromatic N) is 2. The predicted octanol–water partition coefficient (Wildman–Crippen LogP) is 6.94. The van der Waals surface area contributed by atoms with E-state index in [1.54, 1.807) is 36.5 Å². The van der Waals surface area contributed by atoms with Crippen LogP contribution < -0.4 is 5.32 Å². The van der Waals surface area contributed by atoms with E-state index in [9.17, 15) is 4.79 Å². The molecule has 6 nitrogen and oxygen atoms in total. The fraction of sp³-hybridized carbons (Fsp3) is 0.190. The van der Waals surface area contributed by atoms with Gasteiger partial charge < -0.3 is 14.7 Å². The summed E-state index contributed by atoms with van der Waals surface area (Å²) in [6.45, 7) is 8.00. The summed E-state index contributed by atoms with van der Waals surface area (Å²) in [7, 11) is 0. The molecule has 0 atom stereocenters. The molecule has 0 aliphatic carbocycles. The minimum absolute atomic E-state index is 0.231. The highest BCUT2D eigenvalue weighted by Gasteiger charge is 2.13. The highest BCUT2D eigenvalue weighted by molar-refractivity contribution is 9.10. The third kappa shape index (κ3) is 5.46. The summed E-state index contributed by atoms with van der Waals surface area (Å²) in [4.78, 5) is 24.0. The number of hydrogen-bond acceptors (Lipinski definition) is 4. The molecule has 152 valence electrons. The van der Waals surface area contributed by atoms with E-state index >= 15 is 0 Å². The van der Waals surface area contributed by atoms with Gasteiger partial charge in [0, 0.05) is 21.9 Å². The number of amides is 1. The monoisotopic (exact) mass is 476 g/mol. The van der Waals surface area contributed by atoms with E-state index in [-0.39, 0.29) is 11.7 Å². The number of halogens is 2. The Labute approximate surface area is 182 Å². The third-order valence-corrected chi connectivity index (χ3v) is 4.29. The van der Waals surface area contributed by atoms with Gasteiger partial charge in [0.05, 0.1) is 16.8 Å². The molecule has 0 bridgehead atoms. The Hall–Kier alpha value is -2.64. The molecule has 4 aromatic rings. The Morgan fingerprint density at radius 2 is 1.93 bits per heavy atom. The van der Waals surface area contributed by atoms with Crippen LogP contribution in [0.1, 0.15) is 38.2 Å². The first kappa shape index (κ1) is 22.6. The zero-order valence-electron chi connectivity index (χ0n) is 16.6. The maximum Gasteiger partial charge on any atom is 0.291 e. The topological polar surface area (TPSA) is 83.8 Å². The molecule has 4 rings (SSSR count). The van der Waals surface area contributed by atoms with Crippen LogP contribution >= 0.6 is 27.5 Å².